The summed E-state index contributed by atoms with van der Waals surface area (Å²) in [7, 11) is 0. The second-order valence-corrected chi connectivity index (χ2v) is 6.95. The van der Waals surface area contributed by atoms with E-state index in [1.807, 2.05) is 17.6 Å². The third-order valence-corrected chi connectivity index (χ3v) is 4.64. The maximum Gasteiger partial charge on any atom is 0.177 e. The number of hydrogen-bond donors (Lipinski definition) is 2. The van der Waals surface area contributed by atoms with E-state index in [-0.39, 0.29) is 5.84 Å². The molecule has 6 heteroatoms. The summed E-state index contributed by atoms with van der Waals surface area (Å²) in [5.74, 6) is 0.900. The number of carbonyl (C=O) groups excluding carboxylic acids is 1. The van der Waals surface area contributed by atoms with Gasteiger partial charge < -0.3 is 4.74 Å². The molecule has 0 fully saturated rings. The number of aliphatic imine (C=N–C) groups is 1. The highest BCUT2D eigenvalue weighted by Gasteiger charge is 2.10. The molecule has 0 aliphatic carbocycles. The number of aromatic nitrogens is 1. The number of hydrogen-bond acceptors (Lipinski definition) is 5. The third kappa shape index (κ3) is 8.03. The normalized spacial score (nSPS) is 11.3. The van der Waals surface area contributed by atoms with Gasteiger partial charge in [0, 0.05) is 11.8 Å². The first kappa shape index (κ1) is 22.6. The molecule has 0 amide bonds. The lowest BCUT2D eigenvalue weighted by atomic mass is 10.1. The molecule has 0 radical (unpaired) electrons. The van der Waals surface area contributed by atoms with Crippen molar-refractivity contribution in [1.82, 2.24) is 10.5 Å². The van der Waals surface area contributed by atoms with Crippen LogP contribution in [0.25, 0.3) is 0 Å². The number of hydroxylamine groups is 1. The average Bonchev–Trinajstić information content (AvgIpc) is 2.77. The maximum absolute atomic E-state index is 11.1. The van der Waals surface area contributed by atoms with Crippen LogP contribution in [0.5, 0.6) is 5.75 Å². The molecule has 0 saturated carbocycles. The second kappa shape index (κ2) is 13.4. The minimum absolute atomic E-state index is 0.111. The van der Waals surface area contributed by atoms with Crippen molar-refractivity contribution in [3.8, 4) is 5.75 Å². The predicted molar refractivity (Wildman–Crippen MR) is 115 cm³/mol. The molecule has 0 bridgehead atoms. The van der Waals surface area contributed by atoms with Gasteiger partial charge in [-0.15, -0.1) is 0 Å². The third-order valence-electron chi connectivity index (χ3n) is 4.64. The Hall–Kier alpha value is -2.73. The predicted octanol–water partition coefficient (Wildman–Crippen LogP) is 5.47. The lowest BCUT2D eigenvalue weighted by molar-refractivity contribution is 0.112. The monoisotopic (exact) mass is 397 g/mol. The second-order valence-electron chi connectivity index (χ2n) is 6.95. The Morgan fingerprint density at radius 1 is 1.07 bits per heavy atom. The highest BCUT2D eigenvalue weighted by molar-refractivity contribution is 6.03. The van der Waals surface area contributed by atoms with Crippen LogP contribution >= 0.6 is 0 Å². The van der Waals surface area contributed by atoms with Crippen molar-refractivity contribution in [2.24, 2.45) is 4.99 Å². The molecule has 156 valence electrons. The zero-order valence-electron chi connectivity index (χ0n) is 17.1. The van der Waals surface area contributed by atoms with Gasteiger partial charge in [0.05, 0.1) is 12.3 Å². The van der Waals surface area contributed by atoms with Crippen molar-refractivity contribution in [2.45, 2.75) is 58.3 Å². The number of pyridine rings is 1. The molecule has 0 aliphatic rings. The molecule has 0 aliphatic heterocycles. The van der Waals surface area contributed by atoms with Gasteiger partial charge in [-0.25, -0.2) is 4.99 Å². The van der Waals surface area contributed by atoms with Crippen LogP contribution in [-0.2, 0) is 0 Å². The van der Waals surface area contributed by atoms with Gasteiger partial charge in [0.25, 0.3) is 0 Å². The van der Waals surface area contributed by atoms with Crippen molar-refractivity contribution in [3.63, 3.8) is 0 Å². The van der Waals surface area contributed by atoms with E-state index < -0.39 is 0 Å². The van der Waals surface area contributed by atoms with Gasteiger partial charge in [0.15, 0.2) is 12.1 Å². The minimum Gasteiger partial charge on any atom is -0.494 e. The molecular formula is C23H31N3O3. The van der Waals surface area contributed by atoms with E-state index in [0.717, 1.165) is 12.2 Å². The number of benzene rings is 1. The number of aldehydes is 1. The molecule has 29 heavy (non-hydrogen) atoms. The van der Waals surface area contributed by atoms with Crippen LogP contribution < -0.4 is 10.2 Å². The van der Waals surface area contributed by atoms with Gasteiger partial charge in [0.1, 0.15) is 11.4 Å². The quantitative estimate of drug-likeness (QED) is 0.154. The van der Waals surface area contributed by atoms with Crippen molar-refractivity contribution < 1.29 is 14.7 Å². The first-order valence-corrected chi connectivity index (χ1v) is 10.4. The summed E-state index contributed by atoms with van der Waals surface area (Å²) in [6.07, 6.45) is 12.4. The molecule has 0 spiro atoms. The van der Waals surface area contributed by atoms with Crippen molar-refractivity contribution in [3.05, 3.63) is 53.9 Å². The van der Waals surface area contributed by atoms with Gasteiger partial charge in [-0.2, -0.15) is 0 Å². The molecule has 2 rings (SSSR count). The Kier molecular flexibility index (Phi) is 10.5. The summed E-state index contributed by atoms with van der Waals surface area (Å²) in [5, 5.41) is 9.40. The standard InChI is InChI=1S/C23H31N3O3/c1-2-3-4-5-6-7-8-9-17-29-21-14-12-20(13-15-21)25-23(26-28)22-19(18-27)11-10-16-24-22/h10-16,18,28H,2-9,17H2,1H3,(H,25,26). The maximum atomic E-state index is 11.1. The van der Waals surface area contributed by atoms with E-state index in [1.165, 1.54) is 51.1 Å². The van der Waals surface area contributed by atoms with E-state index in [2.05, 4.69) is 16.9 Å². The van der Waals surface area contributed by atoms with Gasteiger partial charge in [-0.05, 0) is 42.8 Å². The SMILES string of the molecule is CCCCCCCCCCOc1ccc(N=C(NO)c2ncccc2C=O)cc1. The van der Waals surface area contributed by atoms with Crippen LogP contribution in [-0.4, -0.2) is 28.9 Å². The van der Waals surface area contributed by atoms with Crippen molar-refractivity contribution in [1.29, 1.82) is 0 Å². The summed E-state index contributed by atoms with van der Waals surface area (Å²) < 4.78 is 5.79. The Morgan fingerprint density at radius 3 is 2.41 bits per heavy atom. The van der Waals surface area contributed by atoms with E-state index in [4.69, 9.17) is 4.74 Å². The summed E-state index contributed by atoms with van der Waals surface area (Å²) >= 11 is 0. The fourth-order valence-corrected chi connectivity index (χ4v) is 3.01. The summed E-state index contributed by atoms with van der Waals surface area (Å²) in [6, 6.07) is 10.5. The van der Waals surface area contributed by atoms with E-state index >= 15 is 0 Å². The highest BCUT2D eigenvalue weighted by Crippen LogP contribution is 2.20. The minimum atomic E-state index is 0.111. The first-order valence-electron chi connectivity index (χ1n) is 10.4. The number of carbonyl (C=O) groups is 1. The summed E-state index contributed by atoms with van der Waals surface area (Å²) in [4.78, 5) is 19.6. The average molecular weight is 398 g/mol. The molecule has 0 atom stereocenters. The molecular weight excluding hydrogens is 366 g/mol. The van der Waals surface area contributed by atoms with Crippen LogP contribution in [0.15, 0.2) is 47.6 Å². The molecule has 1 aromatic carbocycles. The molecule has 2 aromatic rings. The topological polar surface area (TPSA) is 83.8 Å². The number of rotatable bonds is 13. The van der Waals surface area contributed by atoms with E-state index in [9.17, 15) is 10.0 Å². The Balaban J connectivity index is 1.80. The molecule has 6 nitrogen and oxygen atoms in total. The van der Waals surface area contributed by atoms with Crippen molar-refractivity contribution >= 4 is 17.8 Å². The summed E-state index contributed by atoms with van der Waals surface area (Å²) in [5.41, 5.74) is 3.27. The zero-order valence-corrected chi connectivity index (χ0v) is 17.1. The number of ether oxygens (including phenoxy) is 1. The first-order chi connectivity index (χ1) is 14.3. The highest BCUT2D eigenvalue weighted by atomic mass is 16.5. The van der Waals surface area contributed by atoms with Gasteiger partial charge in [-0.3, -0.25) is 20.5 Å². The van der Waals surface area contributed by atoms with Gasteiger partial charge in [-0.1, -0.05) is 51.9 Å². The Labute approximate surface area is 173 Å². The zero-order chi connectivity index (χ0) is 20.7. The molecule has 0 unspecified atom stereocenters. The molecule has 2 N–H and O–H groups in total. The van der Waals surface area contributed by atoms with Crippen LogP contribution in [0.3, 0.4) is 0 Å². The number of nitrogens with zero attached hydrogens (tertiary/aromatic N) is 2. The number of nitrogens with one attached hydrogen (secondary N) is 1. The van der Waals surface area contributed by atoms with Crippen LogP contribution in [0, 0.1) is 0 Å². The lowest BCUT2D eigenvalue weighted by Gasteiger charge is -2.08. The smallest absolute Gasteiger partial charge is 0.177 e. The molecule has 1 heterocycles. The fourth-order valence-electron chi connectivity index (χ4n) is 3.01. The Bertz CT molecular complexity index is 760. The largest absolute Gasteiger partial charge is 0.494 e. The Morgan fingerprint density at radius 2 is 1.76 bits per heavy atom. The van der Waals surface area contributed by atoms with Gasteiger partial charge >= 0.3 is 0 Å². The summed E-state index contributed by atoms with van der Waals surface area (Å²) in [6.45, 7) is 2.94. The molecule has 0 saturated heterocycles. The van der Waals surface area contributed by atoms with Crippen molar-refractivity contribution in [2.75, 3.05) is 6.61 Å². The van der Waals surface area contributed by atoms with E-state index in [1.54, 1.807) is 24.3 Å². The van der Waals surface area contributed by atoms with E-state index in [0.29, 0.717) is 29.8 Å². The van der Waals surface area contributed by atoms with Crippen LogP contribution in [0.1, 0.15) is 74.3 Å². The lowest BCUT2D eigenvalue weighted by Crippen LogP contribution is -2.22. The molecule has 1 aromatic heterocycles. The van der Waals surface area contributed by atoms with Crippen LogP contribution in [0.2, 0.25) is 0 Å². The fraction of sp³-hybridized carbons (Fsp3) is 0.435. The van der Waals surface area contributed by atoms with Crippen LogP contribution in [0.4, 0.5) is 5.69 Å². The van der Waals surface area contributed by atoms with Gasteiger partial charge in [0.2, 0.25) is 0 Å². The number of unbranched alkanes of at least 4 members (excludes halogenated alkanes) is 7. The number of amidine groups is 1.